The smallest absolute Gasteiger partial charge is 0.211 e. The second kappa shape index (κ2) is 3.79. The molecule has 1 N–H and O–H groups in total. The number of fused-ring (bicyclic) bond motifs is 4. The number of benzene rings is 3. The molecule has 5 rings (SSSR count). The first-order valence-electron chi connectivity index (χ1n) is 8.83. The van der Waals surface area contributed by atoms with Crippen LogP contribution < -0.4 is 0 Å². The van der Waals surface area contributed by atoms with Crippen LogP contribution in [0.15, 0.2) is 42.5 Å². The van der Waals surface area contributed by atoms with Gasteiger partial charge in [-0.1, -0.05) is 24.3 Å². The lowest BCUT2D eigenvalue weighted by Gasteiger charge is -2.09. The molecule has 1 atom stereocenters. The first kappa shape index (κ1) is 8.09. The average Bonchev–Trinajstić information content (AvgIpc) is 2.81. The summed E-state index contributed by atoms with van der Waals surface area (Å²) in [4.78, 5) is 0. The van der Waals surface area contributed by atoms with Crippen LogP contribution in [0.5, 0.6) is 0 Å². The van der Waals surface area contributed by atoms with Gasteiger partial charge in [-0.3, -0.25) is 0 Å². The Bertz CT molecular complexity index is 1130. The van der Waals surface area contributed by atoms with Crippen molar-refractivity contribution in [3.05, 3.63) is 70.8 Å². The maximum Gasteiger partial charge on any atom is 0.211 e. The molecule has 21 heavy (non-hydrogen) atoms. The lowest BCUT2D eigenvalue weighted by atomic mass is 9.91. The van der Waals surface area contributed by atoms with E-state index < -0.39 is 12.5 Å². The highest BCUT2D eigenvalue weighted by molar-refractivity contribution is 6.12. The topological polar surface area (TPSA) is 20.2 Å². The van der Waals surface area contributed by atoms with E-state index in [0.29, 0.717) is 22.1 Å². The molecule has 0 saturated heterocycles. The van der Waals surface area contributed by atoms with Gasteiger partial charge in [-0.25, -0.2) is 0 Å². The minimum absolute atomic E-state index is 0.405. The van der Waals surface area contributed by atoms with Gasteiger partial charge in [-0.05, 0) is 33.9 Å². The van der Waals surface area contributed by atoms with E-state index in [2.05, 4.69) is 6.08 Å². The predicted octanol–water partition coefficient (Wildman–Crippen LogP) is 4.43. The molecule has 0 aromatic heterocycles. The summed E-state index contributed by atoms with van der Waals surface area (Å²) in [5.41, 5.74) is 2.42. The summed E-state index contributed by atoms with van der Waals surface area (Å²) < 4.78 is 33.4. The second-order valence-corrected chi connectivity index (χ2v) is 5.42. The van der Waals surface area contributed by atoms with Crippen LogP contribution >= 0.6 is 0 Å². The summed E-state index contributed by atoms with van der Waals surface area (Å²) >= 11 is 0. The van der Waals surface area contributed by atoms with Crippen molar-refractivity contribution in [2.75, 3.05) is 0 Å². The molecule has 0 bridgehead atoms. The molecule has 0 aliphatic heterocycles. The zero-order valence-corrected chi connectivity index (χ0v) is 11.1. The molecular weight excluding hydrogens is 258 g/mol. The van der Waals surface area contributed by atoms with Gasteiger partial charge in [-0.2, -0.15) is 0 Å². The highest BCUT2D eigenvalue weighted by atomic mass is 16.4. The second-order valence-electron chi connectivity index (χ2n) is 5.42. The lowest BCUT2D eigenvalue weighted by Crippen LogP contribution is -1.95. The molecule has 0 heterocycles. The van der Waals surface area contributed by atoms with Crippen LogP contribution in [0.1, 0.15) is 32.4 Å². The Hall–Kier alpha value is -2.47. The van der Waals surface area contributed by atoms with Gasteiger partial charge in [0.05, 0.1) is 24.7 Å². The quantitative estimate of drug-likeness (QED) is 0.396. The number of aliphatic hydroxyl groups is 1. The Morgan fingerprint density at radius 3 is 3.19 bits per heavy atom. The number of hydrogen-bond donors (Lipinski definition) is 1. The molecule has 0 amide bonds. The monoisotopic (exact) mass is 275 g/mol. The predicted molar refractivity (Wildman–Crippen MR) is 86.9 cm³/mol. The molecule has 3 aromatic rings. The summed E-state index contributed by atoms with van der Waals surface area (Å²) in [5.74, 6) is 0. The Labute approximate surface area is 128 Å². The van der Waals surface area contributed by atoms with Crippen LogP contribution in [-0.4, -0.2) is 6.54 Å². The van der Waals surface area contributed by atoms with Gasteiger partial charge in [0.2, 0.25) is 1.43 Å². The van der Waals surface area contributed by atoms with E-state index in [1.165, 1.54) is 0 Å². The van der Waals surface area contributed by atoms with Crippen molar-refractivity contribution in [2.45, 2.75) is 12.5 Å². The Morgan fingerprint density at radius 1 is 1.29 bits per heavy atom. The largest absolute Gasteiger partial charge is 0.388 e. The van der Waals surface area contributed by atoms with Crippen molar-refractivity contribution in [1.82, 2.24) is 0 Å². The standard InChI is InChI=1S/C20H13O/c21-19-11-17-15-8-4-1-5-12(15)9-16-14-7-3-2-6-13(14)10-18(19)20(16)17/h1-3,5-10,19,21H,11H2/q+1/i11+1D2,19+1D,21D. The normalized spacial score (nSPS) is 26.9. The highest BCUT2D eigenvalue weighted by Crippen LogP contribution is 2.44. The molecule has 3 aromatic carbocycles. The van der Waals surface area contributed by atoms with Gasteiger partial charge in [0, 0.05) is 26.1 Å². The molecule has 0 spiro atoms. The maximum absolute atomic E-state index is 8.66. The van der Waals surface area contributed by atoms with Crippen molar-refractivity contribution < 1.29 is 9.22 Å². The number of hydrogen-bond acceptors (Lipinski definition) is 1. The summed E-state index contributed by atoms with van der Waals surface area (Å²) in [5, 5.41) is 8.19. The van der Waals surface area contributed by atoms with Crippen LogP contribution in [0.4, 0.5) is 0 Å². The van der Waals surface area contributed by atoms with E-state index >= 15 is 0 Å². The van der Waals surface area contributed by atoms with Crippen molar-refractivity contribution in [1.29, 1.82) is 1.43 Å². The fourth-order valence-electron chi connectivity index (χ4n) is 3.36. The number of allylic oxidation sites excluding steroid dienone is 2. The Kier molecular flexibility index (Phi) is 1.46. The van der Waals surface area contributed by atoms with Crippen molar-refractivity contribution in [3.8, 4) is 0 Å². The van der Waals surface area contributed by atoms with Gasteiger partial charge < -0.3 is 5.11 Å². The summed E-state index contributed by atoms with van der Waals surface area (Å²) in [6.45, 7) is 0. The van der Waals surface area contributed by atoms with Gasteiger partial charge in [0.25, 0.3) is 0 Å². The van der Waals surface area contributed by atoms with Crippen molar-refractivity contribution in [3.63, 3.8) is 0 Å². The molecule has 1 heteroatoms. The average molecular weight is 275 g/mol. The highest BCUT2D eigenvalue weighted by Gasteiger charge is 2.30. The van der Waals surface area contributed by atoms with E-state index in [4.69, 9.17) is 10.7 Å². The minimum Gasteiger partial charge on any atom is -0.388 e. The zero-order chi connectivity index (χ0) is 17.4. The van der Waals surface area contributed by atoms with Crippen LogP contribution in [0.2, 0.25) is 0 Å². The van der Waals surface area contributed by atoms with Crippen molar-refractivity contribution >= 4 is 33.7 Å². The molecular formula is C20H13O+. The molecule has 0 saturated carbocycles. The molecule has 98 valence electrons. The molecule has 0 fully saturated rings. The molecule has 1 unspecified atom stereocenters. The molecule has 0 radical (unpaired) electrons. The third-order valence-electron chi connectivity index (χ3n) is 4.29. The first-order chi connectivity index (χ1) is 12.0. The summed E-state index contributed by atoms with van der Waals surface area (Å²) in [7, 11) is 0. The molecule has 1 nitrogen and oxygen atoms in total. The molecule has 2 aliphatic carbocycles. The third-order valence-corrected chi connectivity index (χ3v) is 4.29. The van der Waals surface area contributed by atoms with E-state index in [1.807, 2.05) is 36.4 Å². The minimum atomic E-state index is -2.15. The summed E-state index contributed by atoms with van der Waals surface area (Å²) in [6.07, 6.45) is 4.18. The third kappa shape index (κ3) is 1.37. The van der Waals surface area contributed by atoms with E-state index in [-0.39, 0.29) is 0 Å². The fraction of sp³-hybridized carbons (Fsp3) is 0.100. The maximum atomic E-state index is 8.66. The van der Waals surface area contributed by atoms with Crippen LogP contribution in [0.25, 0.3) is 33.7 Å². The number of rotatable bonds is 1. The van der Waals surface area contributed by atoms with E-state index in [9.17, 15) is 0 Å². The zero-order valence-electron chi connectivity index (χ0n) is 15.1. The van der Waals surface area contributed by atoms with Gasteiger partial charge >= 0.3 is 0 Å². The SMILES string of the molecule is [2H]O[13C]1([2H])c2cc3ccccc3c3cc4c(c(c23)[13C]1([2H])[2H])C=[C+]C=C4. The Balaban J connectivity index is 2.10. The van der Waals surface area contributed by atoms with Crippen molar-refractivity contribution in [2.24, 2.45) is 0 Å². The first-order valence-corrected chi connectivity index (χ1v) is 6.92. The van der Waals surface area contributed by atoms with Gasteiger partial charge in [0.1, 0.15) is 12.2 Å². The fourth-order valence-corrected chi connectivity index (χ4v) is 3.36. The van der Waals surface area contributed by atoms with Gasteiger partial charge in [-0.15, -0.1) is 0 Å². The van der Waals surface area contributed by atoms with Gasteiger partial charge in [0.15, 0.2) is 0 Å². The lowest BCUT2D eigenvalue weighted by molar-refractivity contribution is 0.185. The van der Waals surface area contributed by atoms with Crippen LogP contribution in [0, 0.1) is 6.08 Å². The summed E-state index contributed by atoms with van der Waals surface area (Å²) in [6, 6.07) is 11.6. The molecule has 2 aliphatic rings. The van der Waals surface area contributed by atoms with E-state index in [1.54, 1.807) is 18.2 Å². The van der Waals surface area contributed by atoms with E-state index in [0.717, 1.165) is 21.7 Å². The van der Waals surface area contributed by atoms with Crippen LogP contribution in [-0.2, 0) is 6.37 Å². The Morgan fingerprint density at radius 2 is 2.24 bits per heavy atom. The van der Waals surface area contributed by atoms with Crippen LogP contribution in [0.3, 0.4) is 0 Å².